The summed E-state index contributed by atoms with van der Waals surface area (Å²) >= 11 is 1.63. The highest BCUT2D eigenvalue weighted by atomic mass is 32.1. The lowest BCUT2D eigenvalue weighted by molar-refractivity contribution is -0.132. The van der Waals surface area contributed by atoms with E-state index in [1.165, 1.54) is 0 Å². The van der Waals surface area contributed by atoms with Crippen LogP contribution in [0.5, 0.6) is 0 Å². The lowest BCUT2D eigenvalue weighted by Gasteiger charge is -2.40. The Balaban J connectivity index is 1.38. The summed E-state index contributed by atoms with van der Waals surface area (Å²) in [6.07, 6.45) is 0.462. The molecule has 0 aliphatic carbocycles. The molecule has 1 atom stereocenters. The monoisotopic (exact) mass is 468 g/mol. The Bertz CT molecular complexity index is 1460. The maximum absolute atomic E-state index is 13.0. The van der Waals surface area contributed by atoms with Gasteiger partial charge in [-0.1, -0.05) is 48.5 Å². The van der Waals surface area contributed by atoms with Gasteiger partial charge in [-0.2, -0.15) is 0 Å². The average Bonchev–Trinajstić information content (AvgIpc) is 3.54. The van der Waals surface area contributed by atoms with Gasteiger partial charge >= 0.3 is 0 Å². The summed E-state index contributed by atoms with van der Waals surface area (Å²) in [5, 5.41) is 12.1. The van der Waals surface area contributed by atoms with E-state index in [4.69, 9.17) is 4.98 Å². The summed E-state index contributed by atoms with van der Waals surface area (Å²) < 4.78 is 2.06. The third kappa shape index (κ3) is 3.60. The number of amides is 1. The Morgan fingerprint density at radius 3 is 2.62 bits per heavy atom. The van der Waals surface area contributed by atoms with E-state index in [0.717, 1.165) is 38.8 Å². The van der Waals surface area contributed by atoms with Gasteiger partial charge in [-0.15, -0.1) is 21.5 Å². The van der Waals surface area contributed by atoms with Crippen molar-refractivity contribution in [3.63, 3.8) is 0 Å². The van der Waals surface area contributed by atoms with Gasteiger partial charge in [0.1, 0.15) is 0 Å². The van der Waals surface area contributed by atoms with Crippen molar-refractivity contribution in [3.05, 3.63) is 77.0 Å². The van der Waals surface area contributed by atoms with Crippen LogP contribution in [0, 0.1) is 0 Å². The maximum Gasteiger partial charge on any atom is 0.228 e. The van der Waals surface area contributed by atoms with Gasteiger partial charge in [0.05, 0.1) is 11.9 Å². The van der Waals surface area contributed by atoms with Gasteiger partial charge in [0.25, 0.3) is 0 Å². The lowest BCUT2D eigenvalue weighted by atomic mass is 10.1. The molecule has 1 aliphatic heterocycles. The number of nitrogens with zero attached hydrogens (tertiary/aromatic N) is 6. The summed E-state index contributed by atoms with van der Waals surface area (Å²) in [6, 6.07) is 22.2. The number of piperazine rings is 1. The molecule has 0 N–H and O–H groups in total. The minimum atomic E-state index is 0.0705. The Morgan fingerprint density at radius 1 is 1.00 bits per heavy atom. The molecule has 5 aromatic rings. The topological polar surface area (TPSA) is 66.6 Å². The SMILES string of the molecule is CC1CN(c2nc3ccccc3c3nnc(-c4ccccc4)n23)CCN1C(=O)Cc1cccs1. The van der Waals surface area contributed by atoms with Gasteiger partial charge in [0, 0.05) is 41.5 Å². The first kappa shape index (κ1) is 20.8. The average molecular weight is 469 g/mol. The highest BCUT2D eigenvalue weighted by Gasteiger charge is 2.30. The predicted octanol–water partition coefficient (Wildman–Crippen LogP) is 4.29. The maximum atomic E-state index is 13.0. The number of carbonyl (C=O) groups is 1. The number of hydrogen-bond acceptors (Lipinski definition) is 6. The molecule has 1 saturated heterocycles. The largest absolute Gasteiger partial charge is 0.338 e. The van der Waals surface area contributed by atoms with Crippen molar-refractivity contribution < 1.29 is 4.79 Å². The third-order valence-corrected chi connectivity index (χ3v) is 7.27. The van der Waals surface area contributed by atoms with Crippen LogP contribution < -0.4 is 4.90 Å². The normalized spacial score (nSPS) is 16.4. The Kier molecular flexibility index (Phi) is 5.22. The van der Waals surface area contributed by atoms with Crippen molar-refractivity contribution >= 4 is 39.7 Å². The number of aromatic nitrogens is 4. The van der Waals surface area contributed by atoms with Gasteiger partial charge in [0.2, 0.25) is 11.9 Å². The van der Waals surface area contributed by atoms with Crippen LogP contribution in [0.2, 0.25) is 0 Å². The number of para-hydroxylation sites is 1. The van der Waals surface area contributed by atoms with E-state index >= 15 is 0 Å². The summed E-state index contributed by atoms with van der Waals surface area (Å²) in [5.41, 5.74) is 2.68. The van der Waals surface area contributed by atoms with E-state index in [1.54, 1.807) is 11.3 Å². The molecule has 8 heteroatoms. The minimum absolute atomic E-state index is 0.0705. The molecule has 1 aliphatic rings. The molecule has 0 spiro atoms. The van der Waals surface area contributed by atoms with Crippen LogP contribution in [-0.2, 0) is 11.2 Å². The molecule has 170 valence electrons. The fraction of sp³-hybridized carbons (Fsp3) is 0.231. The molecule has 0 saturated carbocycles. The van der Waals surface area contributed by atoms with Crippen LogP contribution in [0.3, 0.4) is 0 Å². The van der Waals surface area contributed by atoms with E-state index in [2.05, 4.69) is 26.4 Å². The van der Waals surface area contributed by atoms with Crippen molar-refractivity contribution in [3.8, 4) is 11.4 Å². The molecule has 0 bridgehead atoms. The van der Waals surface area contributed by atoms with Gasteiger partial charge in [0.15, 0.2) is 11.5 Å². The molecular formula is C26H24N6OS. The second-order valence-electron chi connectivity index (χ2n) is 8.62. The molecule has 1 fully saturated rings. The van der Waals surface area contributed by atoms with E-state index in [1.807, 2.05) is 77.0 Å². The number of hydrogen-bond donors (Lipinski definition) is 0. The summed E-state index contributed by atoms with van der Waals surface area (Å²) in [7, 11) is 0. The molecule has 7 nitrogen and oxygen atoms in total. The number of fused-ring (bicyclic) bond motifs is 3. The summed E-state index contributed by atoms with van der Waals surface area (Å²) in [5.74, 6) is 1.77. The zero-order chi connectivity index (χ0) is 23.1. The smallest absolute Gasteiger partial charge is 0.228 e. The molecule has 1 amide bonds. The van der Waals surface area contributed by atoms with Crippen molar-refractivity contribution in [2.45, 2.75) is 19.4 Å². The Morgan fingerprint density at radius 2 is 1.82 bits per heavy atom. The standard InChI is InChI=1S/C26H24N6OS/c1-18-17-30(13-14-31(18)23(33)16-20-10-7-15-34-20)26-27-22-12-6-5-11-21(22)25-29-28-24(32(25)26)19-8-3-2-4-9-19/h2-12,15,18H,13-14,16-17H2,1H3. The molecule has 4 heterocycles. The Labute approximate surface area is 201 Å². The van der Waals surface area contributed by atoms with E-state index in [-0.39, 0.29) is 11.9 Å². The number of benzene rings is 2. The molecular weight excluding hydrogens is 444 g/mol. The molecule has 1 unspecified atom stereocenters. The van der Waals surface area contributed by atoms with Crippen LogP contribution >= 0.6 is 11.3 Å². The lowest BCUT2D eigenvalue weighted by Crippen LogP contribution is -2.55. The summed E-state index contributed by atoms with van der Waals surface area (Å²) in [6.45, 7) is 4.17. The number of anilines is 1. The second kappa shape index (κ2) is 8.53. The van der Waals surface area contributed by atoms with Crippen LogP contribution in [0.4, 0.5) is 5.95 Å². The first-order valence-electron chi connectivity index (χ1n) is 11.4. The molecule has 6 rings (SSSR count). The highest BCUT2D eigenvalue weighted by molar-refractivity contribution is 7.10. The highest BCUT2D eigenvalue weighted by Crippen LogP contribution is 2.29. The number of rotatable bonds is 4. The molecule has 2 aromatic carbocycles. The van der Waals surface area contributed by atoms with Crippen LogP contribution in [0.25, 0.3) is 27.9 Å². The van der Waals surface area contributed by atoms with Crippen molar-refractivity contribution in [2.24, 2.45) is 0 Å². The summed E-state index contributed by atoms with van der Waals surface area (Å²) in [4.78, 5) is 23.4. The first-order chi connectivity index (χ1) is 16.7. The first-order valence-corrected chi connectivity index (χ1v) is 12.3. The van der Waals surface area contributed by atoms with Gasteiger partial charge in [-0.25, -0.2) is 9.38 Å². The van der Waals surface area contributed by atoms with Crippen molar-refractivity contribution in [1.29, 1.82) is 0 Å². The minimum Gasteiger partial charge on any atom is -0.338 e. The number of thiophene rings is 1. The second-order valence-corrected chi connectivity index (χ2v) is 9.65. The zero-order valence-electron chi connectivity index (χ0n) is 18.8. The quantitative estimate of drug-likeness (QED) is 0.394. The zero-order valence-corrected chi connectivity index (χ0v) is 19.7. The van der Waals surface area contributed by atoms with Gasteiger partial charge in [-0.05, 0) is 30.5 Å². The van der Waals surface area contributed by atoms with Crippen LogP contribution in [0.15, 0.2) is 72.1 Å². The van der Waals surface area contributed by atoms with Gasteiger partial charge in [-0.3, -0.25) is 4.79 Å². The Hall–Kier alpha value is -3.78. The van der Waals surface area contributed by atoms with Crippen molar-refractivity contribution in [1.82, 2.24) is 24.5 Å². The fourth-order valence-corrected chi connectivity index (χ4v) is 5.42. The van der Waals surface area contributed by atoms with Crippen LogP contribution in [0.1, 0.15) is 11.8 Å². The number of carbonyl (C=O) groups excluding carboxylic acids is 1. The van der Waals surface area contributed by atoms with E-state index in [9.17, 15) is 4.79 Å². The third-order valence-electron chi connectivity index (χ3n) is 6.40. The molecule has 0 radical (unpaired) electrons. The molecule has 34 heavy (non-hydrogen) atoms. The van der Waals surface area contributed by atoms with E-state index in [0.29, 0.717) is 26.1 Å². The molecule has 3 aromatic heterocycles. The van der Waals surface area contributed by atoms with Crippen LogP contribution in [-0.4, -0.2) is 56.1 Å². The van der Waals surface area contributed by atoms with E-state index < -0.39 is 0 Å². The fourth-order valence-electron chi connectivity index (χ4n) is 4.73. The van der Waals surface area contributed by atoms with Crippen molar-refractivity contribution in [2.75, 3.05) is 24.5 Å². The predicted molar refractivity (Wildman–Crippen MR) is 135 cm³/mol. The van der Waals surface area contributed by atoms with Gasteiger partial charge < -0.3 is 9.80 Å².